The topological polar surface area (TPSA) is 69.6 Å². The van der Waals surface area contributed by atoms with Gasteiger partial charge in [0, 0.05) is 6.42 Å². The Morgan fingerprint density at radius 3 is 1.58 bits per heavy atom. The first-order chi connectivity index (χ1) is 16.2. The summed E-state index contributed by atoms with van der Waals surface area (Å²) in [5, 5.41) is 22.4. The number of hydrogen-bond donors (Lipinski definition) is 3. The minimum atomic E-state index is -0.828. The molecular formula is C29H57NO3. The van der Waals surface area contributed by atoms with Crippen molar-refractivity contribution in [2.45, 2.75) is 161 Å². The van der Waals surface area contributed by atoms with Crippen LogP contribution >= 0.6 is 0 Å². The van der Waals surface area contributed by atoms with Crippen LogP contribution in [0.1, 0.15) is 149 Å². The standard InChI is InChI=1S/C29H57NO3/c1-3-5-7-8-9-10-11-12-13-14-15-16-17-18-19-20-21-23-24-28(32)27(26-31)30-29(33)25-22-6-4-2/h23-24,27-28,31-32H,3-22,25-26H2,1-2H3,(H,30,33)/b24-23+. The van der Waals surface area contributed by atoms with Crippen molar-refractivity contribution in [1.29, 1.82) is 0 Å². The molecular weight excluding hydrogens is 410 g/mol. The van der Waals surface area contributed by atoms with Crippen molar-refractivity contribution in [3.8, 4) is 0 Å². The summed E-state index contributed by atoms with van der Waals surface area (Å²) in [4.78, 5) is 11.9. The average Bonchev–Trinajstić information content (AvgIpc) is 2.81. The normalized spacial score (nSPS) is 13.5. The predicted molar refractivity (Wildman–Crippen MR) is 142 cm³/mol. The van der Waals surface area contributed by atoms with Crippen molar-refractivity contribution in [2.75, 3.05) is 6.61 Å². The highest BCUT2D eigenvalue weighted by atomic mass is 16.3. The van der Waals surface area contributed by atoms with E-state index in [1.165, 1.54) is 96.3 Å². The maximum atomic E-state index is 11.9. The number of carbonyl (C=O) groups excluding carboxylic acids is 1. The summed E-state index contributed by atoms with van der Waals surface area (Å²) in [5.74, 6) is -0.0900. The number of allylic oxidation sites excluding steroid dienone is 1. The molecule has 0 aliphatic rings. The summed E-state index contributed by atoms with van der Waals surface area (Å²) >= 11 is 0. The molecule has 0 spiro atoms. The molecule has 2 atom stereocenters. The van der Waals surface area contributed by atoms with Crippen molar-refractivity contribution in [2.24, 2.45) is 0 Å². The van der Waals surface area contributed by atoms with Gasteiger partial charge in [-0.05, 0) is 19.3 Å². The molecule has 0 aromatic heterocycles. The summed E-state index contributed by atoms with van der Waals surface area (Å²) in [7, 11) is 0. The van der Waals surface area contributed by atoms with E-state index in [0.717, 1.165) is 32.1 Å². The van der Waals surface area contributed by atoms with Gasteiger partial charge in [0.05, 0.1) is 18.8 Å². The van der Waals surface area contributed by atoms with Gasteiger partial charge in [0.1, 0.15) is 0 Å². The van der Waals surface area contributed by atoms with E-state index in [-0.39, 0.29) is 12.5 Å². The van der Waals surface area contributed by atoms with Gasteiger partial charge in [0.25, 0.3) is 0 Å². The maximum Gasteiger partial charge on any atom is 0.220 e. The fourth-order valence-corrected chi connectivity index (χ4v) is 4.23. The SMILES string of the molecule is CCCCCCCCCCCCCCCCCC/C=C/C(O)C(CO)NC(=O)CCCCC. The smallest absolute Gasteiger partial charge is 0.220 e. The fourth-order valence-electron chi connectivity index (χ4n) is 4.23. The first-order valence-electron chi connectivity index (χ1n) is 14.4. The van der Waals surface area contributed by atoms with E-state index >= 15 is 0 Å². The molecule has 3 N–H and O–H groups in total. The molecule has 0 radical (unpaired) electrons. The quantitative estimate of drug-likeness (QED) is 0.0955. The van der Waals surface area contributed by atoms with Gasteiger partial charge in [-0.25, -0.2) is 0 Å². The van der Waals surface area contributed by atoms with Crippen LogP contribution in [0.3, 0.4) is 0 Å². The minimum absolute atomic E-state index is 0.0900. The molecule has 0 saturated carbocycles. The predicted octanol–water partition coefficient (Wildman–Crippen LogP) is 7.61. The van der Waals surface area contributed by atoms with Gasteiger partial charge >= 0.3 is 0 Å². The zero-order chi connectivity index (χ0) is 24.4. The second kappa shape index (κ2) is 25.7. The lowest BCUT2D eigenvalue weighted by molar-refractivity contribution is -0.123. The summed E-state index contributed by atoms with van der Waals surface area (Å²) in [6.45, 7) is 4.13. The van der Waals surface area contributed by atoms with Gasteiger partial charge in [0.2, 0.25) is 5.91 Å². The molecule has 1 amide bonds. The van der Waals surface area contributed by atoms with Crippen molar-refractivity contribution < 1.29 is 15.0 Å². The molecule has 33 heavy (non-hydrogen) atoms. The molecule has 0 aromatic rings. The van der Waals surface area contributed by atoms with Gasteiger partial charge in [0.15, 0.2) is 0 Å². The first kappa shape index (κ1) is 32.1. The number of unbranched alkanes of at least 4 members (excludes halogenated alkanes) is 18. The highest BCUT2D eigenvalue weighted by Crippen LogP contribution is 2.14. The summed E-state index contributed by atoms with van der Waals surface area (Å²) in [6.07, 6.45) is 29.1. The van der Waals surface area contributed by atoms with E-state index in [1.807, 2.05) is 6.08 Å². The molecule has 0 rings (SSSR count). The van der Waals surface area contributed by atoms with E-state index in [0.29, 0.717) is 6.42 Å². The third kappa shape index (κ3) is 22.7. The number of carbonyl (C=O) groups is 1. The molecule has 196 valence electrons. The Labute approximate surface area is 206 Å². The van der Waals surface area contributed by atoms with Crippen LogP contribution in [-0.4, -0.2) is 34.9 Å². The summed E-state index contributed by atoms with van der Waals surface area (Å²) in [6, 6.07) is -0.610. The second-order valence-corrected chi connectivity index (χ2v) is 9.82. The number of amides is 1. The van der Waals surface area contributed by atoms with E-state index < -0.39 is 12.1 Å². The molecule has 0 aromatic carbocycles. The average molecular weight is 468 g/mol. The van der Waals surface area contributed by atoms with Crippen LogP contribution < -0.4 is 5.32 Å². The van der Waals surface area contributed by atoms with Crippen LogP contribution in [-0.2, 0) is 4.79 Å². The van der Waals surface area contributed by atoms with E-state index in [9.17, 15) is 15.0 Å². The Kier molecular flexibility index (Phi) is 25.1. The number of rotatable bonds is 25. The third-order valence-electron chi connectivity index (χ3n) is 6.52. The van der Waals surface area contributed by atoms with Gasteiger partial charge < -0.3 is 15.5 Å². The number of aliphatic hydroxyl groups is 2. The molecule has 0 fully saturated rings. The number of nitrogens with one attached hydrogen (secondary N) is 1. The van der Waals surface area contributed by atoms with Crippen molar-refractivity contribution in [3.05, 3.63) is 12.2 Å². The summed E-state index contributed by atoms with van der Waals surface area (Å²) in [5.41, 5.74) is 0. The molecule has 0 bridgehead atoms. The molecule has 0 saturated heterocycles. The van der Waals surface area contributed by atoms with E-state index in [4.69, 9.17) is 0 Å². The lowest BCUT2D eigenvalue weighted by Gasteiger charge is -2.19. The molecule has 0 heterocycles. The Hall–Kier alpha value is -0.870. The number of aliphatic hydroxyl groups excluding tert-OH is 2. The minimum Gasteiger partial charge on any atom is -0.394 e. The highest BCUT2D eigenvalue weighted by Gasteiger charge is 2.17. The Balaban J connectivity index is 3.51. The van der Waals surface area contributed by atoms with Gasteiger partial charge in [-0.15, -0.1) is 0 Å². The van der Waals surface area contributed by atoms with Crippen LogP contribution in [0, 0.1) is 0 Å². The monoisotopic (exact) mass is 467 g/mol. The van der Waals surface area contributed by atoms with Crippen molar-refractivity contribution in [3.63, 3.8) is 0 Å². The Morgan fingerprint density at radius 2 is 1.12 bits per heavy atom. The lowest BCUT2D eigenvalue weighted by Crippen LogP contribution is -2.45. The van der Waals surface area contributed by atoms with Crippen LogP contribution in [0.4, 0.5) is 0 Å². The van der Waals surface area contributed by atoms with Gasteiger partial charge in [-0.1, -0.05) is 135 Å². The molecule has 0 aliphatic carbocycles. The zero-order valence-corrected chi connectivity index (χ0v) is 22.2. The van der Waals surface area contributed by atoms with Gasteiger partial charge in [-0.3, -0.25) is 4.79 Å². The zero-order valence-electron chi connectivity index (χ0n) is 22.2. The van der Waals surface area contributed by atoms with Crippen molar-refractivity contribution >= 4 is 5.91 Å². The van der Waals surface area contributed by atoms with Crippen LogP contribution in [0.5, 0.6) is 0 Å². The van der Waals surface area contributed by atoms with E-state index in [1.54, 1.807) is 6.08 Å². The van der Waals surface area contributed by atoms with Crippen LogP contribution in [0.25, 0.3) is 0 Å². The van der Waals surface area contributed by atoms with Crippen molar-refractivity contribution in [1.82, 2.24) is 5.32 Å². The van der Waals surface area contributed by atoms with Crippen LogP contribution in [0.15, 0.2) is 12.2 Å². The number of hydrogen-bond acceptors (Lipinski definition) is 3. The Morgan fingerprint density at radius 1 is 0.697 bits per heavy atom. The second-order valence-electron chi connectivity index (χ2n) is 9.82. The van der Waals surface area contributed by atoms with Crippen LogP contribution in [0.2, 0.25) is 0 Å². The van der Waals surface area contributed by atoms with Gasteiger partial charge in [-0.2, -0.15) is 0 Å². The Bertz CT molecular complexity index is 439. The third-order valence-corrected chi connectivity index (χ3v) is 6.52. The first-order valence-corrected chi connectivity index (χ1v) is 14.4. The van der Waals surface area contributed by atoms with E-state index in [2.05, 4.69) is 19.2 Å². The highest BCUT2D eigenvalue weighted by molar-refractivity contribution is 5.76. The molecule has 4 nitrogen and oxygen atoms in total. The maximum absolute atomic E-state index is 11.9. The molecule has 4 heteroatoms. The molecule has 0 aliphatic heterocycles. The molecule has 2 unspecified atom stereocenters. The fraction of sp³-hybridized carbons (Fsp3) is 0.897. The summed E-state index contributed by atoms with van der Waals surface area (Å²) < 4.78 is 0. The largest absolute Gasteiger partial charge is 0.394 e. The lowest BCUT2D eigenvalue weighted by atomic mass is 10.0.